The van der Waals surface area contributed by atoms with Gasteiger partial charge in [0.1, 0.15) is 18.5 Å². The second-order valence-corrected chi connectivity index (χ2v) is 3.61. The van der Waals surface area contributed by atoms with Crippen LogP contribution in [0.2, 0.25) is 0 Å². The summed E-state index contributed by atoms with van der Waals surface area (Å²) in [4.78, 5) is 10.9. The van der Waals surface area contributed by atoms with Gasteiger partial charge in [-0.3, -0.25) is 4.79 Å². The van der Waals surface area contributed by atoms with Crippen molar-refractivity contribution in [2.24, 2.45) is 0 Å². The number of amides is 1. The van der Waals surface area contributed by atoms with Gasteiger partial charge in [0, 0.05) is 6.92 Å². The molecule has 1 rings (SSSR count). The topological polar surface area (TPSA) is 58.6 Å². The molecule has 0 aliphatic heterocycles. The Morgan fingerprint density at radius 3 is 2.88 bits per heavy atom. The molecule has 0 saturated carbocycles. The van der Waals surface area contributed by atoms with Crippen LogP contribution in [0, 0.1) is 0 Å². The number of carbonyl (C=O) groups is 1. The van der Waals surface area contributed by atoms with Crippen LogP contribution in [0.3, 0.4) is 0 Å². The van der Waals surface area contributed by atoms with Crippen LogP contribution in [-0.2, 0) is 4.79 Å². The molecule has 0 spiro atoms. The lowest BCUT2D eigenvalue weighted by Crippen LogP contribution is -2.19. The second kappa shape index (κ2) is 6.35. The quantitative estimate of drug-likeness (QED) is 0.773. The van der Waals surface area contributed by atoms with E-state index in [0.717, 1.165) is 0 Å². The SMILES string of the molecule is CC(=O)Nc1ccccc1OCC(O)CCl. The van der Waals surface area contributed by atoms with E-state index < -0.39 is 6.10 Å². The van der Waals surface area contributed by atoms with Crippen LogP contribution < -0.4 is 10.1 Å². The molecule has 4 nitrogen and oxygen atoms in total. The lowest BCUT2D eigenvalue weighted by Gasteiger charge is -2.13. The van der Waals surface area contributed by atoms with Crippen molar-refractivity contribution in [3.8, 4) is 5.75 Å². The first-order valence-corrected chi connectivity index (χ1v) is 5.40. The molecule has 1 aromatic carbocycles. The van der Waals surface area contributed by atoms with Gasteiger partial charge in [0.05, 0.1) is 11.6 Å². The largest absolute Gasteiger partial charge is 0.489 e. The maximum atomic E-state index is 10.9. The first-order chi connectivity index (χ1) is 7.63. The van der Waals surface area contributed by atoms with Crippen molar-refractivity contribution in [3.05, 3.63) is 24.3 Å². The summed E-state index contributed by atoms with van der Waals surface area (Å²) in [6.07, 6.45) is -0.716. The second-order valence-electron chi connectivity index (χ2n) is 3.30. The zero-order valence-corrected chi connectivity index (χ0v) is 9.70. The van der Waals surface area contributed by atoms with Gasteiger partial charge in [-0.1, -0.05) is 12.1 Å². The van der Waals surface area contributed by atoms with Crippen LogP contribution in [0.1, 0.15) is 6.92 Å². The lowest BCUT2D eigenvalue weighted by molar-refractivity contribution is -0.114. The summed E-state index contributed by atoms with van der Waals surface area (Å²) in [5.74, 6) is 0.457. The summed E-state index contributed by atoms with van der Waals surface area (Å²) in [5, 5.41) is 11.9. The number of benzene rings is 1. The van der Waals surface area contributed by atoms with E-state index in [2.05, 4.69) is 5.32 Å². The third kappa shape index (κ3) is 4.08. The molecule has 0 bridgehead atoms. The maximum absolute atomic E-state index is 10.9. The van der Waals surface area contributed by atoms with Crippen LogP contribution >= 0.6 is 11.6 Å². The Morgan fingerprint density at radius 1 is 1.56 bits per heavy atom. The molecule has 1 unspecified atom stereocenters. The van der Waals surface area contributed by atoms with Crippen molar-refractivity contribution < 1.29 is 14.6 Å². The molecular weight excluding hydrogens is 230 g/mol. The summed E-state index contributed by atoms with van der Waals surface area (Å²) in [6, 6.07) is 7.01. The Balaban J connectivity index is 2.67. The highest BCUT2D eigenvalue weighted by molar-refractivity contribution is 6.18. The van der Waals surface area contributed by atoms with Crippen LogP contribution in [0.15, 0.2) is 24.3 Å². The fourth-order valence-corrected chi connectivity index (χ4v) is 1.21. The Hall–Kier alpha value is -1.26. The molecule has 1 aromatic rings. The van der Waals surface area contributed by atoms with Crippen molar-refractivity contribution in [3.63, 3.8) is 0 Å². The molecule has 5 heteroatoms. The predicted octanol–water partition coefficient (Wildman–Crippen LogP) is 1.62. The highest BCUT2D eigenvalue weighted by Crippen LogP contribution is 2.23. The van der Waals surface area contributed by atoms with Gasteiger partial charge in [-0.2, -0.15) is 0 Å². The van der Waals surface area contributed by atoms with Crippen LogP contribution in [-0.4, -0.2) is 29.6 Å². The maximum Gasteiger partial charge on any atom is 0.221 e. The number of carbonyl (C=O) groups excluding carboxylic acids is 1. The van der Waals surface area contributed by atoms with E-state index in [4.69, 9.17) is 16.3 Å². The lowest BCUT2D eigenvalue weighted by atomic mass is 10.3. The minimum atomic E-state index is -0.716. The minimum absolute atomic E-state index is 0.0973. The smallest absolute Gasteiger partial charge is 0.221 e. The summed E-state index contributed by atoms with van der Waals surface area (Å²) < 4.78 is 5.34. The predicted molar refractivity (Wildman–Crippen MR) is 63.0 cm³/mol. The van der Waals surface area contributed by atoms with Gasteiger partial charge in [-0.15, -0.1) is 11.6 Å². The molecule has 0 radical (unpaired) electrons. The normalized spacial score (nSPS) is 11.9. The van der Waals surface area contributed by atoms with E-state index in [0.29, 0.717) is 11.4 Å². The van der Waals surface area contributed by atoms with E-state index in [1.807, 2.05) is 0 Å². The van der Waals surface area contributed by atoms with Crippen molar-refractivity contribution >= 4 is 23.2 Å². The number of halogens is 1. The standard InChI is InChI=1S/C11H14ClNO3/c1-8(14)13-10-4-2-3-5-11(10)16-7-9(15)6-12/h2-5,9,15H,6-7H2,1H3,(H,13,14). The molecule has 0 aliphatic rings. The molecular formula is C11H14ClNO3. The number of para-hydroxylation sites is 2. The summed E-state index contributed by atoms with van der Waals surface area (Å²) in [6.45, 7) is 1.52. The third-order valence-electron chi connectivity index (χ3n) is 1.81. The highest BCUT2D eigenvalue weighted by Gasteiger charge is 2.07. The molecule has 0 fully saturated rings. The summed E-state index contributed by atoms with van der Waals surface area (Å²) in [5.41, 5.74) is 0.580. The Labute approximate surface area is 99.2 Å². The molecule has 16 heavy (non-hydrogen) atoms. The average molecular weight is 244 g/mol. The van der Waals surface area contributed by atoms with Crippen molar-refractivity contribution in [1.82, 2.24) is 0 Å². The number of aliphatic hydroxyl groups is 1. The molecule has 0 saturated heterocycles. The average Bonchev–Trinajstić information content (AvgIpc) is 2.26. The van der Waals surface area contributed by atoms with Crippen molar-refractivity contribution in [2.75, 3.05) is 17.8 Å². The van der Waals surface area contributed by atoms with E-state index in [-0.39, 0.29) is 18.4 Å². The van der Waals surface area contributed by atoms with Crippen molar-refractivity contribution in [2.45, 2.75) is 13.0 Å². The first-order valence-electron chi connectivity index (χ1n) is 4.87. The van der Waals surface area contributed by atoms with Gasteiger partial charge in [-0.05, 0) is 12.1 Å². The van der Waals surface area contributed by atoms with Crippen LogP contribution in [0.25, 0.3) is 0 Å². The van der Waals surface area contributed by atoms with Gasteiger partial charge in [-0.25, -0.2) is 0 Å². The molecule has 1 atom stereocenters. The van der Waals surface area contributed by atoms with Crippen LogP contribution in [0.4, 0.5) is 5.69 Å². The number of aliphatic hydroxyl groups excluding tert-OH is 1. The first kappa shape index (κ1) is 12.8. The summed E-state index contributed by atoms with van der Waals surface area (Å²) in [7, 11) is 0. The number of rotatable bonds is 5. The van der Waals surface area contributed by atoms with Gasteiger partial charge >= 0.3 is 0 Å². The Morgan fingerprint density at radius 2 is 2.25 bits per heavy atom. The van der Waals surface area contributed by atoms with Gasteiger partial charge in [0.15, 0.2) is 0 Å². The van der Waals surface area contributed by atoms with E-state index in [9.17, 15) is 9.90 Å². The highest BCUT2D eigenvalue weighted by atomic mass is 35.5. The molecule has 0 aromatic heterocycles. The fourth-order valence-electron chi connectivity index (χ4n) is 1.12. The molecule has 88 valence electrons. The Bertz CT molecular complexity index is 357. The number of nitrogens with one attached hydrogen (secondary N) is 1. The molecule has 2 N–H and O–H groups in total. The Kier molecular flexibility index (Phi) is 5.08. The molecule has 0 aliphatic carbocycles. The number of hydrogen-bond acceptors (Lipinski definition) is 3. The third-order valence-corrected chi connectivity index (χ3v) is 2.16. The number of alkyl halides is 1. The molecule has 0 heterocycles. The van der Waals surface area contributed by atoms with Gasteiger partial charge in [0.2, 0.25) is 5.91 Å². The number of hydrogen-bond donors (Lipinski definition) is 2. The monoisotopic (exact) mass is 243 g/mol. The van der Waals surface area contributed by atoms with Gasteiger partial charge in [0.25, 0.3) is 0 Å². The van der Waals surface area contributed by atoms with E-state index >= 15 is 0 Å². The zero-order chi connectivity index (χ0) is 12.0. The number of anilines is 1. The van der Waals surface area contributed by atoms with E-state index in [1.165, 1.54) is 6.92 Å². The zero-order valence-electron chi connectivity index (χ0n) is 8.94. The van der Waals surface area contributed by atoms with Crippen LogP contribution in [0.5, 0.6) is 5.75 Å². The summed E-state index contributed by atoms with van der Waals surface area (Å²) >= 11 is 5.44. The fraction of sp³-hybridized carbons (Fsp3) is 0.364. The van der Waals surface area contributed by atoms with Gasteiger partial charge < -0.3 is 15.2 Å². The molecule has 1 amide bonds. The van der Waals surface area contributed by atoms with Crippen molar-refractivity contribution in [1.29, 1.82) is 0 Å². The minimum Gasteiger partial charge on any atom is -0.489 e. The number of ether oxygens (including phenoxy) is 1. The van der Waals surface area contributed by atoms with E-state index in [1.54, 1.807) is 24.3 Å².